The first-order chi connectivity index (χ1) is 10.2. The van der Waals surface area contributed by atoms with Gasteiger partial charge >= 0.3 is 6.09 Å². The summed E-state index contributed by atoms with van der Waals surface area (Å²) >= 11 is 0. The Morgan fingerprint density at radius 2 is 2.23 bits per heavy atom. The maximum absolute atomic E-state index is 10.8. The molecule has 22 heavy (non-hydrogen) atoms. The van der Waals surface area contributed by atoms with Crippen LogP contribution in [-0.2, 0) is 4.74 Å². The summed E-state index contributed by atoms with van der Waals surface area (Å²) in [6.45, 7) is -0.201. The number of nitrogens with zero attached hydrogens (tertiary/aromatic N) is 3. The van der Waals surface area contributed by atoms with Crippen molar-refractivity contribution >= 4 is 17.9 Å². The van der Waals surface area contributed by atoms with E-state index in [0.29, 0.717) is 5.06 Å². The van der Waals surface area contributed by atoms with E-state index in [4.69, 9.17) is 21.6 Å². The maximum Gasteiger partial charge on any atom is 0.404 e. The van der Waals surface area contributed by atoms with Gasteiger partial charge in [0, 0.05) is 25.3 Å². The Morgan fingerprint density at radius 3 is 2.86 bits per heavy atom. The number of nitrogens with one attached hydrogen (secondary N) is 1. The van der Waals surface area contributed by atoms with E-state index in [1.807, 2.05) is 0 Å². The Balaban J connectivity index is 2.03. The molecule has 1 amide bonds. The summed E-state index contributed by atoms with van der Waals surface area (Å²) in [7, 11) is 0. The molecular formula is C11H18N6O5. The van der Waals surface area contributed by atoms with Crippen molar-refractivity contribution in [2.24, 2.45) is 22.4 Å². The van der Waals surface area contributed by atoms with E-state index in [-0.39, 0.29) is 37.8 Å². The third-order valence-corrected chi connectivity index (χ3v) is 4.59. The Bertz CT molecular complexity index is 565. The maximum atomic E-state index is 10.8. The largest absolute Gasteiger partial charge is 0.447 e. The Labute approximate surface area is 125 Å². The Hall–Kier alpha value is -2.11. The van der Waals surface area contributed by atoms with E-state index in [1.165, 1.54) is 4.90 Å². The van der Waals surface area contributed by atoms with Gasteiger partial charge in [-0.05, 0) is 0 Å². The Morgan fingerprint density at radius 1 is 1.55 bits per heavy atom. The van der Waals surface area contributed by atoms with Crippen LogP contribution in [0.3, 0.4) is 0 Å². The van der Waals surface area contributed by atoms with E-state index in [9.17, 15) is 20.2 Å². The minimum absolute atomic E-state index is 0.0557. The van der Waals surface area contributed by atoms with Crippen molar-refractivity contribution in [1.29, 1.82) is 5.41 Å². The van der Waals surface area contributed by atoms with Crippen molar-refractivity contribution in [3.63, 3.8) is 0 Å². The molecule has 0 aromatic rings. The predicted octanol–water partition coefficient (Wildman–Crippen LogP) is -2.45. The van der Waals surface area contributed by atoms with Crippen LogP contribution in [0.15, 0.2) is 4.99 Å². The highest BCUT2D eigenvalue weighted by molar-refractivity contribution is 5.87. The molecule has 0 bridgehead atoms. The van der Waals surface area contributed by atoms with Gasteiger partial charge in [0.2, 0.25) is 11.7 Å². The van der Waals surface area contributed by atoms with E-state index in [1.54, 1.807) is 0 Å². The van der Waals surface area contributed by atoms with Crippen molar-refractivity contribution in [3.8, 4) is 0 Å². The number of hydroxylamine groups is 2. The second-order valence-electron chi connectivity index (χ2n) is 5.72. The number of ether oxygens (including phenoxy) is 1. The molecule has 0 radical (unpaired) electrons. The zero-order valence-corrected chi connectivity index (χ0v) is 11.6. The highest BCUT2D eigenvalue weighted by atomic mass is 16.6. The first kappa shape index (κ1) is 14.8. The molecule has 2 fully saturated rings. The van der Waals surface area contributed by atoms with Crippen LogP contribution >= 0.6 is 0 Å². The van der Waals surface area contributed by atoms with Crippen molar-refractivity contribution in [3.05, 3.63) is 0 Å². The number of rotatable bonds is 2. The zero-order valence-electron chi connectivity index (χ0n) is 11.6. The van der Waals surface area contributed by atoms with Crippen molar-refractivity contribution < 1.29 is 25.0 Å². The Kier molecular flexibility index (Phi) is 2.99. The third-order valence-electron chi connectivity index (χ3n) is 4.59. The average molecular weight is 314 g/mol. The highest BCUT2D eigenvalue weighted by Gasteiger charge is 2.71. The summed E-state index contributed by atoms with van der Waals surface area (Å²) in [5.74, 6) is -3.07. The topological polar surface area (TPSA) is 182 Å². The van der Waals surface area contributed by atoms with Gasteiger partial charge in [0.25, 0.3) is 0 Å². The second kappa shape index (κ2) is 4.44. The van der Waals surface area contributed by atoms with Crippen LogP contribution < -0.4 is 11.5 Å². The van der Waals surface area contributed by atoms with Crippen LogP contribution in [0.4, 0.5) is 4.79 Å². The van der Waals surface area contributed by atoms with Gasteiger partial charge in [0.15, 0.2) is 5.66 Å². The number of aliphatic hydroxyl groups is 2. The van der Waals surface area contributed by atoms with E-state index in [0.717, 1.165) is 0 Å². The number of amides is 1. The van der Waals surface area contributed by atoms with Crippen molar-refractivity contribution in [2.45, 2.75) is 30.3 Å². The van der Waals surface area contributed by atoms with Crippen LogP contribution in [0.1, 0.15) is 12.8 Å². The summed E-state index contributed by atoms with van der Waals surface area (Å²) in [5, 5.41) is 39.6. The number of amidine groups is 1. The normalized spacial score (nSPS) is 36.0. The van der Waals surface area contributed by atoms with E-state index in [2.05, 4.69) is 4.99 Å². The zero-order chi connectivity index (χ0) is 16.3. The molecule has 3 atom stereocenters. The number of aliphatic imine (C=N–C) groups is 1. The molecule has 1 spiro atoms. The number of carbonyl (C=O) groups excluding carboxylic acids is 1. The lowest BCUT2D eigenvalue weighted by Crippen LogP contribution is -2.72. The molecule has 2 unspecified atom stereocenters. The van der Waals surface area contributed by atoms with Gasteiger partial charge in [-0.1, -0.05) is 0 Å². The number of guanidine groups is 1. The van der Waals surface area contributed by atoms with Gasteiger partial charge in [-0.25, -0.2) is 14.9 Å². The fourth-order valence-corrected chi connectivity index (χ4v) is 3.68. The highest BCUT2D eigenvalue weighted by Crippen LogP contribution is 2.52. The van der Waals surface area contributed by atoms with Gasteiger partial charge in [-0.15, -0.1) is 0 Å². The van der Waals surface area contributed by atoms with Crippen LogP contribution in [0.25, 0.3) is 0 Å². The summed E-state index contributed by atoms with van der Waals surface area (Å²) in [5.41, 5.74) is 9.14. The van der Waals surface area contributed by atoms with Gasteiger partial charge in [-0.3, -0.25) is 10.6 Å². The number of hydrogen-bond donors (Lipinski definition) is 6. The van der Waals surface area contributed by atoms with Crippen LogP contribution in [0.5, 0.6) is 0 Å². The van der Waals surface area contributed by atoms with Crippen molar-refractivity contribution in [2.75, 3.05) is 13.2 Å². The van der Waals surface area contributed by atoms with E-state index < -0.39 is 29.5 Å². The lowest BCUT2D eigenvalue weighted by Gasteiger charge is -2.52. The van der Waals surface area contributed by atoms with Gasteiger partial charge in [-0.2, -0.15) is 0 Å². The number of hydrogen-bond acceptors (Lipinski definition) is 8. The molecule has 2 saturated heterocycles. The molecule has 0 saturated carbocycles. The minimum atomic E-state index is -2.21. The third kappa shape index (κ3) is 1.69. The number of carbonyl (C=O) groups is 1. The molecule has 122 valence electrons. The average Bonchev–Trinajstić information content (AvgIpc) is 2.89. The molecule has 3 rings (SSSR count). The minimum Gasteiger partial charge on any atom is -0.447 e. The standard InChI is InChI=1S/C11H18N6O5/c12-7-3-5-6(4-22-9(14)18)17(21)8(13)16-2-1-10(19,20)11(5,16)15-7/h5-6,13,19-21H,1-4H2,(H2,12,15)(H2,14,18)/t5-,6?,11?/m0/s1. The lowest BCUT2D eigenvalue weighted by molar-refractivity contribution is -0.247. The predicted molar refractivity (Wildman–Crippen MR) is 71.6 cm³/mol. The molecule has 0 aromatic carbocycles. The summed E-state index contributed by atoms with van der Waals surface area (Å²) in [6.07, 6.45) is -0.926. The molecule has 11 nitrogen and oxygen atoms in total. The van der Waals surface area contributed by atoms with Gasteiger partial charge in [0.05, 0.1) is 5.84 Å². The van der Waals surface area contributed by atoms with E-state index >= 15 is 0 Å². The lowest BCUT2D eigenvalue weighted by atomic mass is 9.79. The van der Waals surface area contributed by atoms with Gasteiger partial charge in [0.1, 0.15) is 12.6 Å². The fourth-order valence-electron chi connectivity index (χ4n) is 3.68. The molecule has 3 aliphatic heterocycles. The molecule has 3 aliphatic rings. The summed E-state index contributed by atoms with van der Waals surface area (Å²) < 4.78 is 4.72. The van der Waals surface area contributed by atoms with Crippen LogP contribution in [0, 0.1) is 11.3 Å². The summed E-state index contributed by atoms with van der Waals surface area (Å²) in [6, 6.07) is -0.919. The molecule has 0 aliphatic carbocycles. The smallest absolute Gasteiger partial charge is 0.404 e. The summed E-state index contributed by atoms with van der Waals surface area (Å²) in [4.78, 5) is 16.3. The van der Waals surface area contributed by atoms with Crippen molar-refractivity contribution in [1.82, 2.24) is 9.96 Å². The quantitative estimate of drug-likeness (QED) is 0.303. The fraction of sp³-hybridized carbons (Fsp3) is 0.727. The van der Waals surface area contributed by atoms with Crippen LogP contribution in [0.2, 0.25) is 0 Å². The number of nitrogens with two attached hydrogens (primary N) is 2. The van der Waals surface area contributed by atoms with Gasteiger partial charge < -0.3 is 31.3 Å². The second-order valence-corrected chi connectivity index (χ2v) is 5.72. The molecular weight excluding hydrogens is 296 g/mol. The molecule has 8 N–H and O–H groups in total. The molecule has 11 heteroatoms. The van der Waals surface area contributed by atoms with Crippen LogP contribution in [-0.4, -0.2) is 73.9 Å². The monoisotopic (exact) mass is 314 g/mol. The SMILES string of the molecule is N=C1N(O)C(COC(N)=O)[C@@H]2CC(N)=NC23N1CCC3(O)O. The molecule has 0 aromatic heterocycles. The molecule has 3 heterocycles. The first-order valence-electron chi connectivity index (χ1n) is 6.76. The number of primary amides is 1. The first-order valence-corrected chi connectivity index (χ1v) is 6.76.